The average Bonchev–Trinajstić information content (AvgIpc) is 4.11. The number of rotatable bonds is 7. The lowest BCUT2D eigenvalue weighted by Gasteiger charge is -2.14. The Hall–Kier alpha value is -7.50. The van der Waals surface area contributed by atoms with Gasteiger partial charge in [-0.05, 0) is 76.2 Å². The molecule has 5 heteroatoms. The molecule has 3 aromatic heterocycles. The topological polar surface area (TPSA) is 66.6 Å². The molecule has 0 amide bonds. The van der Waals surface area contributed by atoms with E-state index < -0.39 is 0 Å². The maximum atomic E-state index is 7.08. The fourth-order valence-electron chi connectivity index (χ4n) is 8.14. The van der Waals surface area contributed by atoms with E-state index in [9.17, 15) is 0 Å². The van der Waals surface area contributed by atoms with E-state index in [-0.39, 0.29) is 5.92 Å². The smallest absolute Gasteiger partial charge is 0.153 e. The molecule has 10 rings (SSSR count). The Balaban J connectivity index is 1.41. The Bertz CT molecular complexity index is 3030. The third-order valence-corrected chi connectivity index (χ3v) is 10.8. The standard InChI is InChI=1S/C53H40N4O/c1-34(2)39-25-15-16-26-47(39)58-48-33-46-51(37-21-11-5-12-22-37)44-30-29-42(55-44)49(35-17-7-3-8-18-35)40-27-28-41(54-40)50(36-19-9-4-10-20-36)43-31-32-45(56-43)52(53(48)57-46)38-23-13-6-14-24-38/h3-34,54,57H,1-2H3. The Labute approximate surface area is 337 Å². The minimum atomic E-state index is 0.262. The highest BCUT2D eigenvalue weighted by Crippen LogP contribution is 2.43. The van der Waals surface area contributed by atoms with Gasteiger partial charge in [0.15, 0.2) is 5.75 Å². The summed E-state index contributed by atoms with van der Waals surface area (Å²) in [7, 11) is 0. The van der Waals surface area contributed by atoms with Crippen LogP contribution < -0.4 is 4.74 Å². The van der Waals surface area contributed by atoms with Crippen molar-refractivity contribution in [1.29, 1.82) is 0 Å². The van der Waals surface area contributed by atoms with Crippen molar-refractivity contribution in [1.82, 2.24) is 19.9 Å². The van der Waals surface area contributed by atoms with Gasteiger partial charge in [-0.25, -0.2) is 9.97 Å². The number of hydrogen-bond acceptors (Lipinski definition) is 3. The summed E-state index contributed by atoms with van der Waals surface area (Å²) in [5, 5.41) is 0. The molecule has 5 aromatic carbocycles. The molecule has 2 N–H and O–H groups in total. The van der Waals surface area contributed by atoms with E-state index in [2.05, 4.69) is 182 Å². The summed E-state index contributed by atoms with van der Waals surface area (Å²) in [6.07, 6.45) is 8.52. The van der Waals surface area contributed by atoms with Crippen LogP contribution in [0.1, 0.15) is 48.1 Å². The number of hydrogen-bond donors (Lipinski definition) is 2. The van der Waals surface area contributed by atoms with Gasteiger partial charge in [0.05, 0.1) is 33.8 Å². The zero-order valence-corrected chi connectivity index (χ0v) is 32.3. The highest BCUT2D eigenvalue weighted by atomic mass is 16.5. The molecule has 0 spiro atoms. The van der Waals surface area contributed by atoms with Gasteiger partial charge in [-0.3, -0.25) is 0 Å². The molecule has 0 saturated heterocycles. The highest BCUT2D eigenvalue weighted by molar-refractivity contribution is 6.01. The fourth-order valence-corrected chi connectivity index (χ4v) is 8.14. The van der Waals surface area contributed by atoms with Crippen LogP contribution in [-0.4, -0.2) is 19.9 Å². The van der Waals surface area contributed by atoms with E-state index in [1.165, 1.54) is 0 Å². The van der Waals surface area contributed by atoms with Gasteiger partial charge in [0, 0.05) is 39.4 Å². The van der Waals surface area contributed by atoms with Crippen molar-refractivity contribution in [3.63, 3.8) is 0 Å². The van der Waals surface area contributed by atoms with Crippen molar-refractivity contribution in [2.75, 3.05) is 0 Å². The minimum absolute atomic E-state index is 0.262. The Kier molecular flexibility index (Phi) is 8.96. The van der Waals surface area contributed by atoms with Gasteiger partial charge in [0.25, 0.3) is 0 Å². The van der Waals surface area contributed by atoms with E-state index in [4.69, 9.17) is 14.7 Å². The molecule has 278 valence electrons. The lowest BCUT2D eigenvalue weighted by Crippen LogP contribution is -1.94. The summed E-state index contributed by atoms with van der Waals surface area (Å²) >= 11 is 0. The molecule has 0 radical (unpaired) electrons. The zero-order chi connectivity index (χ0) is 39.0. The lowest BCUT2D eigenvalue weighted by atomic mass is 10.0. The molecule has 0 saturated carbocycles. The zero-order valence-electron chi connectivity index (χ0n) is 32.3. The molecule has 8 aromatic rings. The largest absolute Gasteiger partial charge is 0.455 e. The lowest BCUT2D eigenvalue weighted by molar-refractivity contribution is 0.479. The van der Waals surface area contributed by atoms with Gasteiger partial charge in [0.1, 0.15) is 5.75 Å². The maximum Gasteiger partial charge on any atom is 0.153 e. The minimum Gasteiger partial charge on any atom is -0.455 e. The van der Waals surface area contributed by atoms with Gasteiger partial charge >= 0.3 is 0 Å². The molecule has 5 nitrogen and oxygen atoms in total. The second kappa shape index (κ2) is 14.9. The number of aromatic amines is 2. The molecular formula is C53H40N4O. The number of benzene rings is 5. The van der Waals surface area contributed by atoms with E-state index in [0.29, 0.717) is 5.75 Å². The van der Waals surface area contributed by atoms with E-state index in [0.717, 1.165) is 101 Å². The number of ether oxygens (including phenoxy) is 1. The first-order valence-corrected chi connectivity index (χ1v) is 19.8. The first-order chi connectivity index (χ1) is 28.6. The predicted octanol–water partition coefficient (Wildman–Crippen LogP) is 14.2. The molecule has 5 heterocycles. The van der Waals surface area contributed by atoms with Crippen LogP contribution in [0, 0.1) is 0 Å². The van der Waals surface area contributed by atoms with Crippen LogP contribution >= 0.6 is 0 Å². The summed E-state index contributed by atoms with van der Waals surface area (Å²) in [4.78, 5) is 18.7. The van der Waals surface area contributed by atoms with Crippen LogP contribution in [0.2, 0.25) is 0 Å². The number of aromatic nitrogens is 4. The number of para-hydroxylation sites is 1. The fraction of sp³-hybridized carbons (Fsp3) is 0.0566. The summed E-state index contributed by atoms with van der Waals surface area (Å²) in [6.45, 7) is 4.40. The first kappa shape index (κ1) is 35.0. The molecule has 0 unspecified atom stereocenters. The summed E-state index contributed by atoms with van der Waals surface area (Å²) in [5.74, 6) is 1.78. The summed E-state index contributed by atoms with van der Waals surface area (Å²) < 4.78 is 7.08. The van der Waals surface area contributed by atoms with Crippen LogP contribution in [0.15, 0.2) is 164 Å². The number of nitrogens with one attached hydrogen (secondary N) is 2. The van der Waals surface area contributed by atoms with Crippen molar-refractivity contribution in [2.45, 2.75) is 19.8 Å². The number of H-pyrrole nitrogens is 2. The average molecular weight is 749 g/mol. The van der Waals surface area contributed by atoms with Crippen LogP contribution in [0.4, 0.5) is 0 Å². The predicted molar refractivity (Wildman–Crippen MR) is 241 cm³/mol. The molecule has 58 heavy (non-hydrogen) atoms. The van der Waals surface area contributed by atoms with Gasteiger partial charge < -0.3 is 14.7 Å². The van der Waals surface area contributed by atoms with Crippen LogP contribution in [-0.2, 0) is 0 Å². The highest BCUT2D eigenvalue weighted by Gasteiger charge is 2.22. The quantitative estimate of drug-likeness (QED) is 0.171. The second-order valence-electron chi connectivity index (χ2n) is 14.9. The van der Waals surface area contributed by atoms with Crippen LogP contribution in [0.25, 0.3) is 90.9 Å². The third kappa shape index (κ3) is 6.43. The van der Waals surface area contributed by atoms with Crippen LogP contribution in [0.5, 0.6) is 11.5 Å². The third-order valence-electron chi connectivity index (χ3n) is 10.8. The molecule has 2 aliphatic heterocycles. The van der Waals surface area contributed by atoms with Gasteiger partial charge in [-0.15, -0.1) is 0 Å². The van der Waals surface area contributed by atoms with Crippen LogP contribution in [0.3, 0.4) is 0 Å². The summed E-state index contributed by atoms with van der Waals surface area (Å²) in [6, 6.07) is 56.7. The second-order valence-corrected chi connectivity index (χ2v) is 14.9. The Morgan fingerprint density at radius 2 is 0.793 bits per heavy atom. The van der Waals surface area contributed by atoms with Crippen molar-refractivity contribution >= 4 is 46.4 Å². The monoisotopic (exact) mass is 748 g/mol. The van der Waals surface area contributed by atoms with E-state index in [1.807, 2.05) is 30.3 Å². The molecule has 2 aliphatic rings. The molecule has 0 atom stereocenters. The molecular weight excluding hydrogens is 709 g/mol. The molecule has 8 bridgehead atoms. The first-order valence-electron chi connectivity index (χ1n) is 19.8. The summed E-state index contributed by atoms with van der Waals surface area (Å²) in [5.41, 5.74) is 16.3. The SMILES string of the molecule is CC(C)c1ccccc1Oc1cc2[nH]c1c(-c1ccccc1)c1nc(c(-c3ccccc3)c3ccc([nH]3)c(-c3ccccc3)c3nc(c2-c2ccccc2)C=C3)C=C1. The van der Waals surface area contributed by atoms with Crippen molar-refractivity contribution in [3.8, 4) is 56.0 Å². The van der Waals surface area contributed by atoms with E-state index in [1.54, 1.807) is 0 Å². The van der Waals surface area contributed by atoms with Gasteiger partial charge in [-0.2, -0.15) is 0 Å². The van der Waals surface area contributed by atoms with E-state index >= 15 is 0 Å². The molecule has 0 fully saturated rings. The van der Waals surface area contributed by atoms with Gasteiger partial charge in [0.2, 0.25) is 0 Å². The maximum absolute atomic E-state index is 7.08. The normalized spacial score (nSPS) is 12.0. The number of nitrogens with zero attached hydrogens (tertiary/aromatic N) is 2. The van der Waals surface area contributed by atoms with Crippen molar-refractivity contribution < 1.29 is 4.74 Å². The van der Waals surface area contributed by atoms with Gasteiger partial charge in [-0.1, -0.05) is 153 Å². The Morgan fingerprint density at radius 1 is 0.397 bits per heavy atom. The van der Waals surface area contributed by atoms with Crippen molar-refractivity contribution in [3.05, 3.63) is 192 Å². The molecule has 0 aliphatic carbocycles. The van der Waals surface area contributed by atoms with Crippen molar-refractivity contribution in [2.24, 2.45) is 0 Å². The Morgan fingerprint density at radius 3 is 1.26 bits per heavy atom. The number of fused-ring (bicyclic) bond motifs is 8.